The van der Waals surface area contributed by atoms with E-state index in [1.807, 2.05) is 0 Å². The van der Waals surface area contributed by atoms with Crippen LogP contribution < -0.4 is 5.32 Å². The van der Waals surface area contributed by atoms with E-state index in [2.05, 4.69) is 15.0 Å². The number of nitrogens with zero attached hydrogens (tertiary/aromatic N) is 1. The molecule has 1 amide bonds. The van der Waals surface area contributed by atoms with Crippen LogP contribution in [-0.2, 0) is 0 Å². The first-order chi connectivity index (χ1) is 6.50. The molecule has 0 fully saturated rings. The summed E-state index contributed by atoms with van der Waals surface area (Å²) in [6.45, 7) is 1.59. The van der Waals surface area contributed by atoms with E-state index in [0.717, 1.165) is 0 Å². The molecule has 7 heteroatoms. The van der Waals surface area contributed by atoms with E-state index >= 15 is 0 Å². The van der Waals surface area contributed by atoms with Gasteiger partial charge in [0.25, 0.3) is 0 Å². The van der Waals surface area contributed by atoms with E-state index in [0.29, 0.717) is 0 Å². The van der Waals surface area contributed by atoms with Crippen LogP contribution in [0.1, 0.15) is 29.2 Å². The normalized spacial score (nSPS) is 12.1. The van der Waals surface area contributed by atoms with Crippen LogP contribution in [0, 0.1) is 0 Å². The van der Waals surface area contributed by atoms with Gasteiger partial charge in [0.2, 0.25) is 7.85 Å². The Hall–Kier alpha value is -1.79. The Morgan fingerprint density at radius 1 is 1.71 bits per heavy atom. The van der Waals surface area contributed by atoms with Gasteiger partial charge in [0, 0.05) is 6.07 Å². The number of hydrogen-bond donors (Lipinski definition) is 2. The van der Waals surface area contributed by atoms with Crippen molar-refractivity contribution < 1.29 is 19.2 Å². The number of aromatic nitrogens is 1. The van der Waals surface area contributed by atoms with Crippen molar-refractivity contribution in [1.29, 1.82) is 0 Å². The Labute approximate surface area is 80.7 Å². The standard InChI is InChI=1S/C7H7BN2O4/c1-3(9-7(8)13)5-2-4(6(11)12)10-14-5/h2-3H,1H3,(H,9,13)(H,11,12)/t3-/m1/s1. The van der Waals surface area contributed by atoms with E-state index in [1.165, 1.54) is 6.07 Å². The van der Waals surface area contributed by atoms with Crippen molar-refractivity contribution in [2.75, 3.05) is 0 Å². The maximum absolute atomic E-state index is 10.5. The Balaban J connectivity index is 2.76. The van der Waals surface area contributed by atoms with Gasteiger partial charge in [0.1, 0.15) is 0 Å². The number of carbonyl (C=O) groups is 2. The molecule has 0 saturated carbocycles. The first kappa shape index (κ1) is 10.3. The third kappa shape index (κ3) is 2.35. The number of nitrogens with one attached hydrogen (secondary N) is 1. The average Bonchev–Trinajstić information content (AvgIpc) is 2.50. The van der Waals surface area contributed by atoms with E-state index in [1.54, 1.807) is 6.92 Å². The summed E-state index contributed by atoms with van der Waals surface area (Å²) in [7, 11) is 4.87. The number of carboxylic acids is 1. The molecule has 0 unspecified atom stereocenters. The zero-order valence-electron chi connectivity index (χ0n) is 7.35. The summed E-state index contributed by atoms with van der Waals surface area (Å²) < 4.78 is 4.69. The van der Waals surface area contributed by atoms with Crippen molar-refractivity contribution >= 4 is 19.6 Å². The second kappa shape index (κ2) is 3.95. The van der Waals surface area contributed by atoms with Crippen LogP contribution in [0.25, 0.3) is 0 Å². The summed E-state index contributed by atoms with van der Waals surface area (Å²) in [6, 6.07) is 0.719. The summed E-state index contributed by atoms with van der Waals surface area (Å²) in [5, 5.41) is 14.1. The average molecular weight is 194 g/mol. The van der Waals surface area contributed by atoms with Crippen LogP contribution in [0.15, 0.2) is 10.6 Å². The number of amides is 1. The molecule has 0 saturated heterocycles. The van der Waals surface area contributed by atoms with E-state index in [4.69, 9.17) is 13.0 Å². The zero-order chi connectivity index (χ0) is 10.7. The predicted octanol–water partition coefficient (Wildman–Crippen LogP) is 0.312. The lowest BCUT2D eigenvalue weighted by Gasteiger charge is -2.07. The lowest BCUT2D eigenvalue weighted by molar-refractivity contribution is 0.0685. The summed E-state index contributed by atoms with van der Waals surface area (Å²) in [5.74, 6) is -1.67. The van der Waals surface area contributed by atoms with Gasteiger partial charge in [-0.05, 0) is 6.92 Å². The fourth-order valence-electron chi connectivity index (χ4n) is 0.879. The Kier molecular flexibility index (Phi) is 2.90. The highest BCUT2D eigenvalue weighted by Gasteiger charge is 2.15. The maximum atomic E-state index is 10.5. The third-order valence-electron chi connectivity index (χ3n) is 1.53. The van der Waals surface area contributed by atoms with Gasteiger partial charge in [-0.1, -0.05) is 5.16 Å². The smallest absolute Gasteiger partial charge is 0.358 e. The molecule has 72 valence electrons. The van der Waals surface area contributed by atoms with Crippen molar-refractivity contribution in [2.24, 2.45) is 0 Å². The maximum Gasteiger partial charge on any atom is 0.358 e. The minimum atomic E-state index is -1.19. The fraction of sp³-hybridized carbons (Fsp3) is 0.286. The van der Waals surface area contributed by atoms with Crippen molar-refractivity contribution in [3.05, 3.63) is 17.5 Å². The predicted molar refractivity (Wildman–Crippen MR) is 46.2 cm³/mol. The Bertz CT molecular complexity index is 362. The fourth-order valence-corrected chi connectivity index (χ4v) is 0.879. The lowest BCUT2D eigenvalue weighted by atomic mass is 10.1. The molecule has 1 rings (SSSR count). The van der Waals surface area contributed by atoms with Crippen LogP contribution >= 0.6 is 0 Å². The highest BCUT2D eigenvalue weighted by atomic mass is 16.5. The van der Waals surface area contributed by atoms with Gasteiger partial charge in [0.05, 0.1) is 6.04 Å². The first-order valence-electron chi connectivity index (χ1n) is 3.76. The minimum absolute atomic E-state index is 0.210. The van der Waals surface area contributed by atoms with Crippen LogP contribution in [0.2, 0.25) is 0 Å². The summed E-state index contributed by atoms with van der Waals surface area (Å²) >= 11 is 0. The van der Waals surface area contributed by atoms with E-state index < -0.39 is 17.8 Å². The molecule has 1 atom stereocenters. The molecule has 2 N–H and O–H groups in total. The topological polar surface area (TPSA) is 92.4 Å². The zero-order valence-corrected chi connectivity index (χ0v) is 7.35. The number of hydrogen-bond acceptors (Lipinski definition) is 4. The van der Waals surface area contributed by atoms with Crippen LogP contribution in [-0.4, -0.2) is 29.9 Å². The molecule has 0 spiro atoms. The van der Waals surface area contributed by atoms with Crippen molar-refractivity contribution in [2.45, 2.75) is 13.0 Å². The number of rotatable bonds is 3. The molecule has 0 aliphatic heterocycles. The molecule has 6 nitrogen and oxygen atoms in total. The molecule has 0 aliphatic rings. The van der Waals surface area contributed by atoms with Crippen molar-refractivity contribution in [1.82, 2.24) is 10.5 Å². The van der Waals surface area contributed by atoms with Crippen molar-refractivity contribution in [3.63, 3.8) is 0 Å². The molecule has 1 heterocycles. The van der Waals surface area contributed by atoms with Gasteiger partial charge in [-0.25, -0.2) is 4.79 Å². The number of carbonyl (C=O) groups excluding carboxylic acids is 1. The molecule has 14 heavy (non-hydrogen) atoms. The van der Waals surface area contributed by atoms with Crippen molar-refractivity contribution in [3.8, 4) is 0 Å². The highest BCUT2D eigenvalue weighted by molar-refractivity contribution is 6.57. The van der Waals surface area contributed by atoms with Gasteiger partial charge < -0.3 is 14.9 Å². The SMILES string of the molecule is [B]C(=O)N[C@H](C)c1cc(C(=O)O)no1. The van der Waals surface area contributed by atoms with Gasteiger partial charge in [-0.2, -0.15) is 0 Å². The second-order valence-electron chi connectivity index (χ2n) is 2.65. The van der Waals surface area contributed by atoms with Gasteiger partial charge in [-0.15, -0.1) is 0 Å². The minimum Gasteiger partial charge on any atom is -0.476 e. The van der Waals surface area contributed by atoms with Gasteiger partial charge in [0.15, 0.2) is 17.3 Å². The summed E-state index contributed by atoms with van der Waals surface area (Å²) in [6.07, 6.45) is 0. The molecular weight excluding hydrogens is 187 g/mol. The molecule has 0 bridgehead atoms. The Morgan fingerprint density at radius 2 is 2.36 bits per heavy atom. The molecule has 2 radical (unpaired) electrons. The lowest BCUT2D eigenvalue weighted by Crippen LogP contribution is -2.24. The van der Waals surface area contributed by atoms with Gasteiger partial charge in [-0.3, -0.25) is 4.79 Å². The molecule has 1 aromatic rings. The first-order valence-corrected chi connectivity index (χ1v) is 3.76. The third-order valence-corrected chi connectivity index (χ3v) is 1.53. The molecular formula is C7H7BN2O4. The van der Waals surface area contributed by atoms with E-state index in [9.17, 15) is 9.59 Å². The molecule has 0 aromatic carbocycles. The monoisotopic (exact) mass is 194 g/mol. The number of carboxylic acid groups (broad SMARTS) is 1. The quantitative estimate of drug-likeness (QED) is 0.675. The second-order valence-corrected chi connectivity index (χ2v) is 2.65. The Morgan fingerprint density at radius 3 is 2.79 bits per heavy atom. The molecule has 1 aromatic heterocycles. The summed E-state index contributed by atoms with van der Waals surface area (Å²) in [5.41, 5.74) is -0.210. The highest BCUT2D eigenvalue weighted by Crippen LogP contribution is 2.13. The van der Waals surface area contributed by atoms with E-state index in [-0.39, 0.29) is 11.5 Å². The summed E-state index contributed by atoms with van der Waals surface area (Å²) in [4.78, 5) is 20.9. The molecule has 0 aliphatic carbocycles. The van der Waals surface area contributed by atoms with Crippen LogP contribution in [0.4, 0.5) is 4.79 Å². The van der Waals surface area contributed by atoms with Crippen LogP contribution in [0.5, 0.6) is 0 Å². The largest absolute Gasteiger partial charge is 0.476 e. The van der Waals surface area contributed by atoms with Crippen LogP contribution in [0.3, 0.4) is 0 Å². The van der Waals surface area contributed by atoms with Gasteiger partial charge >= 0.3 is 5.97 Å². The number of aromatic carboxylic acids is 1.